The Morgan fingerprint density at radius 1 is 0.875 bits per heavy atom. The molecule has 0 amide bonds. The molecule has 0 aromatic heterocycles. The molecule has 0 radical (unpaired) electrons. The Hall–Kier alpha value is -1.56. The van der Waals surface area contributed by atoms with Crippen LogP contribution in [0.25, 0.3) is 0 Å². The van der Waals surface area contributed by atoms with Gasteiger partial charge in [-0.15, -0.1) is 13.2 Å². The van der Waals surface area contributed by atoms with Gasteiger partial charge in [-0.2, -0.15) is 0 Å². The molecule has 0 N–H and O–H groups in total. The molecule has 0 saturated heterocycles. The zero-order valence-electron chi connectivity index (χ0n) is 10.9. The van der Waals surface area contributed by atoms with Crippen molar-refractivity contribution in [3.05, 3.63) is 73.9 Å². The molecule has 0 aromatic carbocycles. The van der Waals surface area contributed by atoms with Crippen molar-refractivity contribution in [3.63, 3.8) is 0 Å². The minimum Gasteiger partial charge on any atom is -0.106 e. The predicted octanol–water partition coefficient (Wildman–Crippen LogP) is 5.25. The standard InChI is InChI=1S/C14H20.C2H4/c1-11(2)7-9-13(5)14(6)10-8-12(3)4;1-2/h7-10,12H,1,5-6H2,2-4H3;1-2H2/b9-7-,10-8?;. The lowest BCUT2D eigenvalue weighted by Crippen LogP contribution is -1.82. The first-order chi connectivity index (χ1) is 7.43. The summed E-state index contributed by atoms with van der Waals surface area (Å²) in [4.78, 5) is 0. The topological polar surface area (TPSA) is 0 Å². The van der Waals surface area contributed by atoms with E-state index in [1.807, 2.05) is 25.2 Å². The number of allylic oxidation sites excluding steroid dienone is 7. The van der Waals surface area contributed by atoms with Gasteiger partial charge in [0.15, 0.2) is 0 Å². The highest BCUT2D eigenvalue weighted by molar-refractivity contribution is 5.43. The van der Waals surface area contributed by atoms with Crippen LogP contribution in [-0.2, 0) is 0 Å². The van der Waals surface area contributed by atoms with Crippen molar-refractivity contribution in [1.29, 1.82) is 0 Å². The molecule has 0 heterocycles. The van der Waals surface area contributed by atoms with Crippen molar-refractivity contribution in [2.45, 2.75) is 20.8 Å². The van der Waals surface area contributed by atoms with E-state index in [2.05, 4.69) is 52.8 Å². The first-order valence-electron chi connectivity index (χ1n) is 5.33. The highest BCUT2D eigenvalue weighted by Crippen LogP contribution is 2.10. The van der Waals surface area contributed by atoms with Crippen LogP contribution >= 0.6 is 0 Å². The molecule has 0 nitrogen and oxygen atoms in total. The van der Waals surface area contributed by atoms with Crippen molar-refractivity contribution in [2.24, 2.45) is 5.92 Å². The van der Waals surface area contributed by atoms with E-state index in [0.29, 0.717) is 5.92 Å². The summed E-state index contributed by atoms with van der Waals surface area (Å²) in [6, 6.07) is 0. The van der Waals surface area contributed by atoms with Gasteiger partial charge in [0.2, 0.25) is 0 Å². The van der Waals surface area contributed by atoms with Crippen LogP contribution in [0.4, 0.5) is 0 Å². The van der Waals surface area contributed by atoms with E-state index in [1.54, 1.807) is 0 Å². The molecule has 0 heteroatoms. The van der Waals surface area contributed by atoms with Crippen molar-refractivity contribution in [1.82, 2.24) is 0 Å². The Morgan fingerprint density at radius 3 is 1.69 bits per heavy atom. The molecule has 0 aliphatic rings. The lowest BCUT2D eigenvalue weighted by molar-refractivity contribution is 0.831. The molecule has 0 atom stereocenters. The van der Waals surface area contributed by atoms with Gasteiger partial charge in [-0.1, -0.05) is 63.5 Å². The molecule has 0 fully saturated rings. The van der Waals surface area contributed by atoms with E-state index in [9.17, 15) is 0 Å². The maximum Gasteiger partial charge on any atom is -0.0262 e. The van der Waals surface area contributed by atoms with Crippen molar-refractivity contribution in [2.75, 3.05) is 0 Å². The van der Waals surface area contributed by atoms with Crippen molar-refractivity contribution >= 4 is 0 Å². The maximum absolute atomic E-state index is 3.94. The van der Waals surface area contributed by atoms with Crippen LogP contribution in [0, 0.1) is 5.92 Å². The summed E-state index contributed by atoms with van der Waals surface area (Å²) in [6.07, 6.45) is 8.00. The second-order valence-corrected chi connectivity index (χ2v) is 3.83. The van der Waals surface area contributed by atoms with Crippen LogP contribution in [0.1, 0.15) is 20.8 Å². The summed E-state index contributed by atoms with van der Waals surface area (Å²) in [5, 5.41) is 0. The van der Waals surface area contributed by atoms with Gasteiger partial charge in [0.25, 0.3) is 0 Å². The summed E-state index contributed by atoms with van der Waals surface area (Å²) in [6.45, 7) is 23.9. The smallest absolute Gasteiger partial charge is 0.0262 e. The van der Waals surface area contributed by atoms with Crippen LogP contribution in [0.5, 0.6) is 0 Å². The summed E-state index contributed by atoms with van der Waals surface area (Å²) in [5.41, 5.74) is 2.91. The second-order valence-electron chi connectivity index (χ2n) is 3.83. The van der Waals surface area contributed by atoms with Gasteiger partial charge in [-0.25, -0.2) is 0 Å². The Labute approximate surface area is 101 Å². The number of rotatable bonds is 5. The van der Waals surface area contributed by atoms with Gasteiger partial charge in [-0.05, 0) is 24.0 Å². The van der Waals surface area contributed by atoms with Crippen LogP contribution in [0.15, 0.2) is 73.9 Å². The third-order valence-electron chi connectivity index (χ3n) is 1.66. The predicted molar refractivity (Wildman–Crippen MR) is 77.5 cm³/mol. The SMILES string of the molecule is C=C.C=C(C)/C=C\C(=C)C(=C)C=CC(C)C. The molecule has 0 aliphatic carbocycles. The zero-order valence-corrected chi connectivity index (χ0v) is 10.9. The fourth-order valence-electron chi connectivity index (χ4n) is 0.766. The lowest BCUT2D eigenvalue weighted by atomic mass is 10.1. The van der Waals surface area contributed by atoms with E-state index in [0.717, 1.165) is 16.7 Å². The highest BCUT2D eigenvalue weighted by Gasteiger charge is 1.92. The van der Waals surface area contributed by atoms with Gasteiger partial charge in [0, 0.05) is 0 Å². The molecule has 0 bridgehead atoms. The van der Waals surface area contributed by atoms with E-state index in [1.165, 1.54) is 0 Å². The molecule has 0 aromatic rings. The van der Waals surface area contributed by atoms with Crippen molar-refractivity contribution in [3.8, 4) is 0 Å². The molecule has 88 valence electrons. The summed E-state index contributed by atoms with van der Waals surface area (Å²) in [5.74, 6) is 0.546. The third-order valence-corrected chi connectivity index (χ3v) is 1.66. The highest BCUT2D eigenvalue weighted by atomic mass is 14.0. The van der Waals surface area contributed by atoms with Gasteiger partial charge in [-0.3, -0.25) is 0 Å². The largest absolute Gasteiger partial charge is 0.106 e. The monoisotopic (exact) mass is 216 g/mol. The van der Waals surface area contributed by atoms with Crippen LogP contribution in [0.2, 0.25) is 0 Å². The Bertz CT molecular complexity index is 298. The van der Waals surface area contributed by atoms with E-state index in [4.69, 9.17) is 0 Å². The summed E-state index contributed by atoms with van der Waals surface area (Å²) in [7, 11) is 0. The zero-order chi connectivity index (χ0) is 13.1. The first-order valence-corrected chi connectivity index (χ1v) is 5.33. The average Bonchev–Trinajstić information content (AvgIpc) is 2.25. The fraction of sp³-hybridized carbons (Fsp3) is 0.250. The Kier molecular flexibility index (Phi) is 10.5. The maximum atomic E-state index is 3.94. The first kappa shape index (κ1) is 16.9. The molecule has 0 aliphatic heterocycles. The van der Waals surface area contributed by atoms with Gasteiger partial charge >= 0.3 is 0 Å². The normalized spacial score (nSPS) is 10.2. The van der Waals surface area contributed by atoms with Crippen LogP contribution in [-0.4, -0.2) is 0 Å². The van der Waals surface area contributed by atoms with Crippen molar-refractivity contribution < 1.29 is 0 Å². The van der Waals surface area contributed by atoms with Crippen LogP contribution < -0.4 is 0 Å². The van der Waals surface area contributed by atoms with Crippen LogP contribution in [0.3, 0.4) is 0 Å². The van der Waals surface area contributed by atoms with Gasteiger partial charge < -0.3 is 0 Å². The minimum absolute atomic E-state index is 0.546. The fourth-order valence-corrected chi connectivity index (χ4v) is 0.766. The molecule has 0 spiro atoms. The number of hydrogen-bond donors (Lipinski definition) is 0. The van der Waals surface area contributed by atoms with E-state index < -0.39 is 0 Å². The molecular weight excluding hydrogens is 192 g/mol. The van der Waals surface area contributed by atoms with E-state index >= 15 is 0 Å². The molecule has 0 saturated carbocycles. The van der Waals surface area contributed by atoms with Gasteiger partial charge in [0.05, 0.1) is 0 Å². The Morgan fingerprint density at radius 2 is 1.31 bits per heavy atom. The van der Waals surface area contributed by atoms with Gasteiger partial charge in [0.1, 0.15) is 0 Å². The lowest BCUT2D eigenvalue weighted by Gasteiger charge is -2.00. The summed E-state index contributed by atoms with van der Waals surface area (Å²) >= 11 is 0. The Balaban J connectivity index is 0. The summed E-state index contributed by atoms with van der Waals surface area (Å²) < 4.78 is 0. The minimum atomic E-state index is 0.546. The quantitative estimate of drug-likeness (QED) is 0.435. The third kappa shape index (κ3) is 10.5. The molecular formula is C16H24. The molecule has 0 unspecified atom stereocenters. The van der Waals surface area contributed by atoms with E-state index in [-0.39, 0.29) is 0 Å². The average molecular weight is 216 g/mol. The molecule has 0 rings (SSSR count). The molecule has 16 heavy (non-hydrogen) atoms. The second kappa shape index (κ2) is 9.97. The number of hydrogen-bond acceptors (Lipinski definition) is 0.